The first-order chi connectivity index (χ1) is 12.1. The molecule has 0 spiro atoms. The van der Waals surface area contributed by atoms with E-state index in [1.165, 1.54) is 27.4 Å². The topological polar surface area (TPSA) is 37.4 Å². The zero-order chi connectivity index (χ0) is 17.4. The monoisotopic (exact) mass is 373 g/mol. The van der Waals surface area contributed by atoms with Gasteiger partial charge in [-0.15, -0.1) is 11.3 Å². The summed E-state index contributed by atoms with van der Waals surface area (Å²) < 4.78 is 42.1. The van der Waals surface area contributed by atoms with E-state index < -0.39 is 21.9 Å². The van der Waals surface area contributed by atoms with Gasteiger partial charge in [0, 0.05) is 11.4 Å². The molecular weight excluding hydrogens is 357 g/mol. The third kappa shape index (κ3) is 2.80. The number of hydrogen-bond donors (Lipinski definition) is 0. The van der Waals surface area contributed by atoms with Gasteiger partial charge < -0.3 is 0 Å². The lowest BCUT2D eigenvalue weighted by Crippen LogP contribution is -2.40. The van der Waals surface area contributed by atoms with Gasteiger partial charge in [0.1, 0.15) is 10.7 Å². The molecule has 4 rings (SSSR count). The van der Waals surface area contributed by atoms with Crippen molar-refractivity contribution in [1.82, 2.24) is 4.31 Å². The maximum atomic E-state index is 14.2. The second-order valence-electron chi connectivity index (χ2n) is 5.91. The summed E-state index contributed by atoms with van der Waals surface area (Å²) in [4.78, 5) is 0.920. The van der Waals surface area contributed by atoms with Crippen LogP contribution < -0.4 is 0 Å². The summed E-state index contributed by atoms with van der Waals surface area (Å²) in [5.74, 6) is -0.717. The van der Waals surface area contributed by atoms with E-state index in [0.29, 0.717) is 13.0 Å². The van der Waals surface area contributed by atoms with Crippen molar-refractivity contribution in [2.24, 2.45) is 0 Å². The van der Waals surface area contributed by atoms with E-state index in [4.69, 9.17) is 0 Å². The average molecular weight is 373 g/mol. The van der Waals surface area contributed by atoms with Gasteiger partial charge in [0.25, 0.3) is 0 Å². The molecule has 1 aliphatic rings. The van der Waals surface area contributed by atoms with Crippen molar-refractivity contribution in [1.29, 1.82) is 0 Å². The Labute approximate surface area is 150 Å². The summed E-state index contributed by atoms with van der Waals surface area (Å²) in [6, 6.07) is 16.6. The second kappa shape index (κ2) is 6.37. The molecule has 3 nitrogen and oxygen atoms in total. The summed E-state index contributed by atoms with van der Waals surface area (Å²) in [6.45, 7) is 0.337. The Balaban J connectivity index is 1.87. The summed E-state index contributed by atoms with van der Waals surface area (Å²) in [7, 11) is -3.95. The minimum absolute atomic E-state index is 0.269. The molecule has 0 aliphatic carbocycles. The lowest BCUT2D eigenvalue weighted by atomic mass is 9.95. The van der Waals surface area contributed by atoms with Crippen LogP contribution in [0.5, 0.6) is 0 Å². The molecule has 6 heteroatoms. The van der Waals surface area contributed by atoms with Crippen LogP contribution in [0.3, 0.4) is 0 Å². The van der Waals surface area contributed by atoms with Crippen LogP contribution in [0.4, 0.5) is 4.39 Å². The highest BCUT2D eigenvalue weighted by atomic mass is 32.2. The first kappa shape index (κ1) is 16.4. The zero-order valence-corrected chi connectivity index (χ0v) is 14.9. The molecule has 0 fully saturated rings. The van der Waals surface area contributed by atoms with E-state index in [2.05, 4.69) is 0 Å². The predicted octanol–water partition coefficient (Wildman–Crippen LogP) is 4.22. The van der Waals surface area contributed by atoms with Crippen molar-refractivity contribution in [3.8, 4) is 0 Å². The fraction of sp³-hybridized carbons (Fsp3) is 0.158. The van der Waals surface area contributed by atoms with E-state index in [1.807, 2.05) is 41.8 Å². The van der Waals surface area contributed by atoms with E-state index in [1.54, 1.807) is 17.4 Å². The quantitative estimate of drug-likeness (QED) is 0.689. The minimum atomic E-state index is -3.95. The van der Waals surface area contributed by atoms with Crippen LogP contribution in [-0.4, -0.2) is 19.3 Å². The van der Waals surface area contributed by atoms with Crippen LogP contribution in [0.25, 0.3) is 0 Å². The van der Waals surface area contributed by atoms with E-state index in [0.717, 1.165) is 11.1 Å². The van der Waals surface area contributed by atoms with Crippen LogP contribution >= 0.6 is 11.3 Å². The molecule has 0 radical (unpaired) electrons. The number of hydrogen-bond acceptors (Lipinski definition) is 3. The van der Waals surface area contributed by atoms with Gasteiger partial charge in [0.2, 0.25) is 10.0 Å². The van der Waals surface area contributed by atoms with E-state index in [9.17, 15) is 12.8 Å². The SMILES string of the molecule is O=S(=O)(c1ccccc1F)N1CCc2sccc2[C@@H]1c1ccccc1. The van der Waals surface area contributed by atoms with Gasteiger partial charge in [-0.3, -0.25) is 0 Å². The Morgan fingerprint density at radius 2 is 1.72 bits per heavy atom. The van der Waals surface area contributed by atoms with Crippen molar-refractivity contribution >= 4 is 21.4 Å². The highest BCUT2D eigenvalue weighted by Crippen LogP contribution is 2.40. The van der Waals surface area contributed by atoms with Crippen LogP contribution in [0.1, 0.15) is 22.0 Å². The van der Waals surface area contributed by atoms with Gasteiger partial charge in [-0.1, -0.05) is 42.5 Å². The molecule has 1 atom stereocenters. The summed E-state index contributed by atoms with van der Waals surface area (Å²) in [6.07, 6.45) is 0.643. The number of halogens is 1. The Hall–Kier alpha value is -2.02. The molecule has 25 heavy (non-hydrogen) atoms. The second-order valence-corrected chi connectivity index (χ2v) is 8.77. The number of rotatable bonds is 3. The molecule has 0 unspecified atom stereocenters. The van der Waals surface area contributed by atoms with Gasteiger partial charge in [-0.05, 0) is 41.1 Å². The average Bonchev–Trinajstić information content (AvgIpc) is 3.10. The highest BCUT2D eigenvalue weighted by molar-refractivity contribution is 7.89. The van der Waals surface area contributed by atoms with Gasteiger partial charge >= 0.3 is 0 Å². The third-order valence-electron chi connectivity index (χ3n) is 4.46. The van der Waals surface area contributed by atoms with Crippen molar-refractivity contribution in [3.63, 3.8) is 0 Å². The molecular formula is C19H16FNO2S2. The minimum Gasteiger partial charge on any atom is -0.207 e. The molecule has 0 saturated carbocycles. The largest absolute Gasteiger partial charge is 0.246 e. The molecule has 0 N–H and O–H groups in total. The smallest absolute Gasteiger partial charge is 0.207 e. The maximum absolute atomic E-state index is 14.2. The molecule has 128 valence electrons. The number of nitrogens with zero attached hydrogens (tertiary/aromatic N) is 1. The van der Waals surface area contributed by atoms with Crippen molar-refractivity contribution in [2.75, 3.05) is 6.54 Å². The van der Waals surface area contributed by atoms with E-state index >= 15 is 0 Å². The lowest BCUT2D eigenvalue weighted by Gasteiger charge is -2.35. The zero-order valence-electron chi connectivity index (χ0n) is 13.3. The molecule has 0 amide bonds. The summed E-state index contributed by atoms with van der Waals surface area (Å²) in [5.41, 5.74) is 1.88. The number of sulfonamides is 1. The first-order valence-corrected chi connectivity index (χ1v) is 10.3. The Kier molecular flexibility index (Phi) is 4.19. The number of fused-ring (bicyclic) bond motifs is 1. The molecule has 0 saturated heterocycles. The molecule has 3 aromatic rings. The van der Waals surface area contributed by atoms with Crippen LogP contribution in [0.15, 0.2) is 70.9 Å². The summed E-state index contributed by atoms with van der Waals surface area (Å²) >= 11 is 1.64. The molecule has 0 bridgehead atoms. The van der Waals surface area contributed by atoms with E-state index in [-0.39, 0.29) is 4.90 Å². The van der Waals surface area contributed by atoms with Gasteiger partial charge in [0.05, 0.1) is 6.04 Å². The normalized spacial score (nSPS) is 18.0. The van der Waals surface area contributed by atoms with Gasteiger partial charge in [-0.25, -0.2) is 12.8 Å². The highest BCUT2D eigenvalue weighted by Gasteiger charge is 2.38. The number of benzene rings is 2. The third-order valence-corrected chi connectivity index (χ3v) is 7.35. The van der Waals surface area contributed by atoms with Gasteiger partial charge in [0.15, 0.2) is 0 Å². The Bertz CT molecular complexity index is 999. The Morgan fingerprint density at radius 3 is 2.48 bits per heavy atom. The van der Waals surface area contributed by atoms with Crippen LogP contribution in [-0.2, 0) is 16.4 Å². The van der Waals surface area contributed by atoms with Crippen molar-refractivity contribution < 1.29 is 12.8 Å². The van der Waals surface area contributed by atoms with Crippen LogP contribution in [0, 0.1) is 5.82 Å². The Morgan fingerprint density at radius 1 is 1.00 bits per heavy atom. The predicted molar refractivity (Wildman–Crippen MR) is 96.6 cm³/mol. The summed E-state index contributed by atoms with van der Waals surface area (Å²) in [5, 5.41) is 1.99. The molecule has 2 heterocycles. The van der Waals surface area contributed by atoms with Crippen LogP contribution in [0.2, 0.25) is 0 Å². The standard InChI is InChI=1S/C19H16FNO2S2/c20-16-8-4-5-9-18(16)25(22,23)21-12-10-17-15(11-13-24-17)19(21)14-6-2-1-3-7-14/h1-9,11,13,19H,10,12H2/t19-/m0/s1. The molecule has 1 aromatic heterocycles. The van der Waals surface area contributed by atoms with Crippen molar-refractivity contribution in [3.05, 3.63) is 87.9 Å². The molecule has 2 aromatic carbocycles. The molecule has 1 aliphatic heterocycles. The fourth-order valence-corrected chi connectivity index (χ4v) is 5.88. The maximum Gasteiger partial charge on any atom is 0.246 e. The first-order valence-electron chi connectivity index (χ1n) is 7.96. The van der Waals surface area contributed by atoms with Gasteiger partial charge in [-0.2, -0.15) is 4.31 Å². The van der Waals surface area contributed by atoms with Crippen molar-refractivity contribution in [2.45, 2.75) is 17.4 Å². The fourth-order valence-electron chi connectivity index (χ4n) is 3.31. The number of thiophene rings is 1. The lowest BCUT2D eigenvalue weighted by molar-refractivity contribution is 0.345.